The summed E-state index contributed by atoms with van der Waals surface area (Å²) in [4.78, 5) is 10.3. The fraction of sp³-hybridized carbons (Fsp3) is 0.273. The number of nitriles is 1. The summed E-state index contributed by atoms with van der Waals surface area (Å²) in [5, 5.41) is 20.1. The lowest BCUT2D eigenvalue weighted by Crippen LogP contribution is -2.24. The maximum atomic E-state index is 13.5. The smallest absolute Gasteiger partial charge is 0.304 e. The van der Waals surface area contributed by atoms with Crippen molar-refractivity contribution in [1.82, 2.24) is 5.32 Å². The highest BCUT2D eigenvalue weighted by Crippen LogP contribution is 2.25. The summed E-state index contributed by atoms with van der Waals surface area (Å²) in [5.41, 5.74) is 0.0436. The number of carboxylic acid groups (broad SMARTS) is 1. The second-order valence-electron chi connectivity index (χ2n) is 3.30. The van der Waals surface area contributed by atoms with E-state index in [1.54, 1.807) is 0 Å². The minimum atomic E-state index is -0.992. The molecule has 0 aromatic heterocycles. The van der Waals surface area contributed by atoms with Crippen LogP contribution in [-0.4, -0.2) is 17.6 Å². The number of carbonyl (C=O) groups is 1. The summed E-state index contributed by atoms with van der Waals surface area (Å²) >= 11 is 5.80. The van der Waals surface area contributed by atoms with Gasteiger partial charge in [0.25, 0.3) is 0 Å². The van der Waals surface area contributed by atoms with E-state index in [1.165, 1.54) is 18.2 Å². The van der Waals surface area contributed by atoms with Gasteiger partial charge in [-0.1, -0.05) is 17.7 Å². The molecule has 0 spiro atoms. The molecule has 0 aliphatic rings. The predicted octanol–water partition coefficient (Wildman–Crippen LogP) is 2.11. The topological polar surface area (TPSA) is 73.1 Å². The largest absolute Gasteiger partial charge is 0.481 e. The van der Waals surface area contributed by atoms with Gasteiger partial charge in [0, 0.05) is 17.1 Å². The van der Waals surface area contributed by atoms with Gasteiger partial charge in [-0.15, -0.1) is 0 Å². The van der Waals surface area contributed by atoms with Crippen LogP contribution in [-0.2, 0) is 4.79 Å². The normalized spacial score (nSPS) is 11.8. The van der Waals surface area contributed by atoms with Crippen LogP contribution in [0.5, 0.6) is 0 Å². The molecule has 0 aliphatic carbocycles. The number of carboxylic acids is 1. The summed E-state index contributed by atoms with van der Waals surface area (Å²) in [6, 6.07) is 5.00. The van der Waals surface area contributed by atoms with Crippen molar-refractivity contribution in [1.29, 1.82) is 5.26 Å². The molecule has 0 bridgehead atoms. The maximum Gasteiger partial charge on any atom is 0.304 e. The van der Waals surface area contributed by atoms with Crippen LogP contribution in [0.1, 0.15) is 18.0 Å². The molecular formula is C11H10ClFN2O2. The van der Waals surface area contributed by atoms with Crippen molar-refractivity contribution in [3.05, 3.63) is 34.6 Å². The first-order valence-electron chi connectivity index (χ1n) is 4.85. The van der Waals surface area contributed by atoms with Crippen molar-refractivity contribution in [2.24, 2.45) is 0 Å². The van der Waals surface area contributed by atoms with E-state index in [1.807, 2.05) is 6.07 Å². The Bertz CT molecular complexity index is 439. The molecule has 1 unspecified atom stereocenters. The summed E-state index contributed by atoms with van der Waals surface area (Å²) in [6.45, 7) is 0.0677. The first kappa shape index (κ1) is 13.4. The lowest BCUT2D eigenvalue weighted by atomic mass is 10.1. The van der Waals surface area contributed by atoms with Crippen molar-refractivity contribution >= 4 is 17.6 Å². The van der Waals surface area contributed by atoms with Gasteiger partial charge in [-0.2, -0.15) is 5.26 Å². The van der Waals surface area contributed by atoms with Gasteiger partial charge in [-0.05, 0) is 12.1 Å². The van der Waals surface area contributed by atoms with Gasteiger partial charge < -0.3 is 5.11 Å². The van der Waals surface area contributed by atoms with Crippen molar-refractivity contribution in [2.75, 3.05) is 6.54 Å². The maximum absolute atomic E-state index is 13.5. The molecule has 6 heteroatoms. The van der Waals surface area contributed by atoms with Crippen LogP contribution in [0.3, 0.4) is 0 Å². The molecule has 0 heterocycles. The fourth-order valence-corrected chi connectivity index (χ4v) is 1.59. The second kappa shape index (κ2) is 6.18. The molecule has 0 aliphatic heterocycles. The fourth-order valence-electron chi connectivity index (χ4n) is 1.32. The van der Waals surface area contributed by atoms with E-state index >= 15 is 0 Å². The van der Waals surface area contributed by atoms with E-state index in [0.29, 0.717) is 0 Å². The Morgan fingerprint density at radius 3 is 2.88 bits per heavy atom. The Balaban J connectivity index is 2.80. The zero-order valence-electron chi connectivity index (χ0n) is 8.78. The molecule has 1 aromatic carbocycles. The van der Waals surface area contributed by atoms with E-state index in [4.69, 9.17) is 22.0 Å². The van der Waals surface area contributed by atoms with Gasteiger partial charge in [-0.3, -0.25) is 10.1 Å². The molecule has 4 nitrogen and oxygen atoms in total. The zero-order valence-corrected chi connectivity index (χ0v) is 9.54. The number of hydrogen-bond donors (Lipinski definition) is 2. The molecule has 0 amide bonds. The number of nitrogens with zero attached hydrogens (tertiary/aromatic N) is 1. The molecule has 0 fully saturated rings. The Morgan fingerprint density at radius 1 is 1.65 bits per heavy atom. The van der Waals surface area contributed by atoms with E-state index < -0.39 is 17.8 Å². The van der Waals surface area contributed by atoms with Crippen LogP contribution in [0.4, 0.5) is 4.39 Å². The molecule has 17 heavy (non-hydrogen) atoms. The van der Waals surface area contributed by atoms with Gasteiger partial charge in [-0.25, -0.2) is 4.39 Å². The third-order valence-corrected chi connectivity index (χ3v) is 2.43. The number of rotatable bonds is 5. The Hall–Kier alpha value is -1.64. The van der Waals surface area contributed by atoms with Gasteiger partial charge in [0.2, 0.25) is 0 Å². The predicted molar refractivity (Wildman–Crippen MR) is 60.0 cm³/mol. The Kier molecular flexibility index (Phi) is 4.88. The molecule has 1 rings (SSSR count). The molecule has 2 N–H and O–H groups in total. The molecule has 1 aromatic rings. The molecule has 1 atom stereocenters. The molecular weight excluding hydrogens is 247 g/mol. The number of benzene rings is 1. The summed E-state index contributed by atoms with van der Waals surface area (Å²) < 4.78 is 13.5. The average Bonchev–Trinajstić information content (AvgIpc) is 2.26. The van der Waals surface area contributed by atoms with Crippen LogP contribution in [0, 0.1) is 17.1 Å². The van der Waals surface area contributed by atoms with E-state index in [0.717, 1.165) is 0 Å². The first-order valence-corrected chi connectivity index (χ1v) is 5.22. The van der Waals surface area contributed by atoms with E-state index in [2.05, 4.69) is 5.32 Å². The quantitative estimate of drug-likeness (QED) is 0.846. The van der Waals surface area contributed by atoms with Gasteiger partial charge in [0.15, 0.2) is 0 Å². The number of halogens is 2. The minimum Gasteiger partial charge on any atom is -0.481 e. The third kappa shape index (κ3) is 3.70. The van der Waals surface area contributed by atoms with Crippen LogP contribution >= 0.6 is 11.6 Å². The number of aliphatic carboxylic acids is 1. The third-order valence-electron chi connectivity index (χ3n) is 2.10. The SMILES string of the molecule is N#CC(NCCC(=O)O)c1c(F)cccc1Cl. The summed E-state index contributed by atoms with van der Waals surface area (Å²) in [5.74, 6) is -1.58. The van der Waals surface area contributed by atoms with E-state index in [9.17, 15) is 9.18 Å². The Morgan fingerprint density at radius 2 is 2.35 bits per heavy atom. The molecule has 0 radical (unpaired) electrons. The van der Waals surface area contributed by atoms with Crippen molar-refractivity contribution < 1.29 is 14.3 Å². The van der Waals surface area contributed by atoms with Crippen molar-refractivity contribution in [3.63, 3.8) is 0 Å². The van der Waals surface area contributed by atoms with Gasteiger partial charge in [0.05, 0.1) is 12.5 Å². The van der Waals surface area contributed by atoms with Crippen LogP contribution in [0.2, 0.25) is 5.02 Å². The Labute approximate surface area is 103 Å². The zero-order chi connectivity index (χ0) is 12.8. The van der Waals surface area contributed by atoms with Crippen LogP contribution < -0.4 is 5.32 Å². The molecule has 90 valence electrons. The summed E-state index contributed by atoms with van der Waals surface area (Å²) in [6.07, 6.45) is -0.149. The van der Waals surface area contributed by atoms with Gasteiger partial charge in [0.1, 0.15) is 11.9 Å². The van der Waals surface area contributed by atoms with Gasteiger partial charge >= 0.3 is 5.97 Å². The van der Waals surface area contributed by atoms with Crippen molar-refractivity contribution in [3.8, 4) is 6.07 Å². The minimum absolute atomic E-state index is 0.0436. The molecule has 0 saturated carbocycles. The first-order chi connectivity index (χ1) is 8.06. The van der Waals surface area contributed by atoms with Crippen molar-refractivity contribution in [2.45, 2.75) is 12.5 Å². The highest BCUT2D eigenvalue weighted by molar-refractivity contribution is 6.31. The standard InChI is InChI=1S/C11H10ClFN2O2/c12-7-2-1-3-8(13)11(7)9(6-14)15-5-4-10(16)17/h1-3,9,15H,4-5H2,(H,16,17). The van der Waals surface area contributed by atoms with E-state index in [-0.39, 0.29) is 23.6 Å². The summed E-state index contributed by atoms with van der Waals surface area (Å²) in [7, 11) is 0. The van der Waals surface area contributed by atoms with Crippen LogP contribution in [0.15, 0.2) is 18.2 Å². The second-order valence-corrected chi connectivity index (χ2v) is 3.70. The average molecular weight is 257 g/mol. The highest BCUT2D eigenvalue weighted by atomic mass is 35.5. The number of hydrogen-bond acceptors (Lipinski definition) is 3. The monoisotopic (exact) mass is 256 g/mol. The highest BCUT2D eigenvalue weighted by Gasteiger charge is 2.18. The number of nitrogens with one attached hydrogen (secondary N) is 1. The molecule has 0 saturated heterocycles. The lowest BCUT2D eigenvalue weighted by Gasteiger charge is -2.13. The lowest BCUT2D eigenvalue weighted by molar-refractivity contribution is -0.136. The van der Waals surface area contributed by atoms with Crippen LogP contribution in [0.25, 0.3) is 0 Å².